The molecule has 0 unspecified atom stereocenters. The molecule has 1 saturated heterocycles. The highest BCUT2D eigenvalue weighted by Gasteiger charge is 2.31. The number of pyridine rings is 1. The molecule has 1 aromatic carbocycles. The van der Waals surface area contributed by atoms with E-state index >= 15 is 0 Å². The Morgan fingerprint density at radius 2 is 1.85 bits per heavy atom. The number of hydrogen-bond acceptors (Lipinski definition) is 4. The van der Waals surface area contributed by atoms with Crippen molar-refractivity contribution >= 4 is 35.6 Å². The van der Waals surface area contributed by atoms with Crippen molar-refractivity contribution in [1.29, 1.82) is 0 Å². The molecule has 0 amide bonds. The summed E-state index contributed by atoms with van der Waals surface area (Å²) >= 11 is 0. The van der Waals surface area contributed by atoms with Gasteiger partial charge < -0.3 is 16.0 Å². The molecule has 2 heterocycles. The van der Waals surface area contributed by atoms with Crippen LogP contribution in [0.2, 0.25) is 0 Å². The van der Waals surface area contributed by atoms with Gasteiger partial charge in [-0.15, -0.1) is 24.0 Å². The normalized spacial score (nSPS) is 15.2. The number of aliphatic imine (C=N–C) groups is 1. The average Bonchev–Trinajstić information content (AvgIpc) is 2.79. The van der Waals surface area contributed by atoms with Gasteiger partial charge in [-0.05, 0) is 49.7 Å². The summed E-state index contributed by atoms with van der Waals surface area (Å²) < 4.78 is 38.8. The molecule has 0 radical (unpaired) electrons. The van der Waals surface area contributed by atoms with Crippen LogP contribution >= 0.6 is 24.0 Å². The fraction of sp³-hybridized carbons (Fsp3) is 0.478. The smallest absolute Gasteiger partial charge is 0.370 e. The number of aromatic nitrogens is 1. The van der Waals surface area contributed by atoms with Crippen LogP contribution in [0.25, 0.3) is 0 Å². The number of alkyl halides is 3. The third-order valence-electron chi connectivity index (χ3n) is 5.49. The monoisotopic (exact) mass is 576 g/mol. The molecule has 1 aliphatic heterocycles. The van der Waals surface area contributed by atoms with Gasteiger partial charge in [0.2, 0.25) is 0 Å². The highest BCUT2D eigenvalue weighted by atomic mass is 127. The number of rotatable bonds is 9. The first-order chi connectivity index (χ1) is 15.4. The summed E-state index contributed by atoms with van der Waals surface area (Å²) in [5.41, 5.74) is 6.96. The van der Waals surface area contributed by atoms with E-state index in [0.29, 0.717) is 24.7 Å². The Labute approximate surface area is 210 Å². The lowest BCUT2D eigenvalue weighted by molar-refractivity contribution is -0.137. The largest absolute Gasteiger partial charge is 0.416 e. The Morgan fingerprint density at radius 3 is 2.55 bits per heavy atom. The van der Waals surface area contributed by atoms with E-state index in [-0.39, 0.29) is 24.0 Å². The molecule has 1 aliphatic rings. The van der Waals surface area contributed by atoms with Gasteiger partial charge >= 0.3 is 6.18 Å². The Balaban J connectivity index is 0.00000385. The van der Waals surface area contributed by atoms with Crippen LogP contribution in [-0.4, -0.2) is 61.7 Å². The Morgan fingerprint density at radius 1 is 1.06 bits per heavy atom. The summed E-state index contributed by atoms with van der Waals surface area (Å²) in [5, 5.41) is 3.11. The first-order valence-corrected chi connectivity index (χ1v) is 11.0. The van der Waals surface area contributed by atoms with Gasteiger partial charge in [0, 0.05) is 63.3 Å². The van der Waals surface area contributed by atoms with Gasteiger partial charge in [-0.25, -0.2) is 0 Å². The summed E-state index contributed by atoms with van der Waals surface area (Å²) in [6.07, 6.45) is 0.213. The van der Waals surface area contributed by atoms with Gasteiger partial charge in [0.1, 0.15) is 0 Å². The van der Waals surface area contributed by atoms with Gasteiger partial charge in [-0.2, -0.15) is 13.2 Å². The summed E-state index contributed by atoms with van der Waals surface area (Å²) in [5.74, 6) is 0.454. The van der Waals surface area contributed by atoms with Crippen LogP contribution < -0.4 is 16.0 Å². The SMILES string of the molecule is I.NC(=NCCCCN1CCN(c2cccc(C(F)(F)F)c2)CC1)NCCc1ccccn1. The Kier molecular flexibility index (Phi) is 11.2. The van der Waals surface area contributed by atoms with Crippen LogP contribution in [0.1, 0.15) is 24.1 Å². The summed E-state index contributed by atoms with van der Waals surface area (Å²) in [6.45, 7) is 5.47. The molecular weight excluding hydrogens is 544 g/mol. The lowest BCUT2D eigenvalue weighted by atomic mass is 10.1. The summed E-state index contributed by atoms with van der Waals surface area (Å²) in [4.78, 5) is 13.0. The predicted molar refractivity (Wildman–Crippen MR) is 137 cm³/mol. The van der Waals surface area contributed by atoms with Gasteiger partial charge in [0.25, 0.3) is 0 Å². The fourth-order valence-electron chi connectivity index (χ4n) is 3.68. The molecule has 0 bridgehead atoms. The molecule has 0 aliphatic carbocycles. The molecule has 0 spiro atoms. The second kappa shape index (κ2) is 13.6. The molecular formula is C23H32F3IN6. The van der Waals surface area contributed by atoms with Crippen molar-refractivity contribution in [3.05, 3.63) is 59.9 Å². The standard InChI is InChI=1S/C23H31F3N6.HI/c24-23(25,26)19-6-5-8-21(18-19)32-16-14-31(15-17-32)13-4-3-11-29-22(27)30-12-9-20-7-1-2-10-28-20;/h1-2,5-8,10,18H,3-4,9,11-17H2,(H3,27,29,30);1H. The third-order valence-corrected chi connectivity index (χ3v) is 5.49. The van der Waals surface area contributed by atoms with Crippen LogP contribution in [0, 0.1) is 0 Å². The van der Waals surface area contributed by atoms with Crippen LogP contribution in [0.3, 0.4) is 0 Å². The van der Waals surface area contributed by atoms with E-state index in [1.165, 1.54) is 12.1 Å². The minimum Gasteiger partial charge on any atom is -0.370 e. The molecule has 6 nitrogen and oxygen atoms in total. The van der Waals surface area contributed by atoms with Crippen LogP contribution in [0.4, 0.5) is 18.9 Å². The zero-order valence-electron chi connectivity index (χ0n) is 18.6. The number of guanidine groups is 1. The van der Waals surface area contributed by atoms with Crippen molar-refractivity contribution in [1.82, 2.24) is 15.2 Å². The molecule has 10 heteroatoms. The molecule has 0 atom stereocenters. The second-order valence-electron chi connectivity index (χ2n) is 7.85. The first kappa shape index (κ1) is 27.2. The minimum atomic E-state index is -4.31. The van der Waals surface area contributed by atoms with E-state index < -0.39 is 11.7 Å². The van der Waals surface area contributed by atoms with Crippen LogP contribution in [0.5, 0.6) is 0 Å². The van der Waals surface area contributed by atoms with Crippen molar-refractivity contribution in [3.63, 3.8) is 0 Å². The zero-order chi connectivity index (χ0) is 22.8. The number of benzene rings is 1. The molecule has 1 aromatic heterocycles. The lowest BCUT2D eigenvalue weighted by Crippen LogP contribution is -2.46. The van der Waals surface area contributed by atoms with E-state index in [1.54, 1.807) is 12.3 Å². The maximum Gasteiger partial charge on any atom is 0.416 e. The van der Waals surface area contributed by atoms with Crippen molar-refractivity contribution in [2.24, 2.45) is 10.7 Å². The number of nitrogens with one attached hydrogen (secondary N) is 1. The maximum atomic E-state index is 12.9. The van der Waals surface area contributed by atoms with Crippen molar-refractivity contribution < 1.29 is 13.2 Å². The number of hydrogen-bond donors (Lipinski definition) is 2. The van der Waals surface area contributed by atoms with Gasteiger partial charge in [0.05, 0.1) is 5.56 Å². The van der Waals surface area contributed by atoms with Crippen molar-refractivity contribution in [2.75, 3.05) is 50.7 Å². The molecule has 3 N–H and O–H groups in total. The number of piperazine rings is 1. The maximum absolute atomic E-state index is 12.9. The molecule has 2 aromatic rings. The fourth-order valence-corrected chi connectivity index (χ4v) is 3.68. The van der Waals surface area contributed by atoms with E-state index in [2.05, 4.69) is 20.2 Å². The van der Waals surface area contributed by atoms with Gasteiger partial charge in [-0.1, -0.05) is 12.1 Å². The van der Waals surface area contributed by atoms with Crippen LogP contribution in [-0.2, 0) is 12.6 Å². The first-order valence-electron chi connectivity index (χ1n) is 11.0. The Bertz CT molecular complexity index is 855. The molecule has 33 heavy (non-hydrogen) atoms. The molecule has 0 saturated carbocycles. The Hall–Kier alpha value is -2.08. The number of nitrogens with two attached hydrogens (primary N) is 1. The number of anilines is 1. The van der Waals surface area contributed by atoms with Crippen molar-refractivity contribution in [2.45, 2.75) is 25.4 Å². The third kappa shape index (κ3) is 9.36. The van der Waals surface area contributed by atoms with E-state index in [4.69, 9.17) is 5.73 Å². The summed E-state index contributed by atoms with van der Waals surface area (Å²) in [7, 11) is 0. The average molecular weight is 576 g/mol. The van der Waals surface area contributed by atoms with Gasteiger partial charge in [0.15, 0.2) is 5.96 Å². The highest BCUT2D eigenvalue weighted by molar-refractivity contribution is 14.0. The summed E-state index contributed by atoms with van der Waals surface area (Å²) in [6, 6.07) is 11.4. The highest BCUT2D eigenvalue weighted by Crippen LogP contribution is 2.31. The lowest BCUT2D eigenvalue weighted by Gasteiger charge is -2.36. The van der Waals surface area contributed by atoms with E-state index in [1.807, 2.05) is 23.1 Å². The molecule has 182 valence electrons. The second-order valence-corrected chi connectivity index (χ2v) is 7.85. The van der Waals surface area contributed by atoms with Gasteiger partial charge in [-0.3, -0.25) is 14.9 Å². The zero-order valence-corrected chi connectivity index (χ0v) is 20.9. The molecule has 3 rings (SSSR count). The molecule has 1 fully saturated rings. The van der Waals surface area contributed by atoms with E-state index in [0.717, 1.165) is 63.7 Å². The topological polar surface area (TPSA) is 69.8 Å². The quantitative estimate of drug-likeness (QED) is 0.206. The van der Waals surface area contributed by atoms with E-state index in [9.17, 15) is 13.2 Å². The number of halogens is 4. The predicted octanol–water partition coefficient (Wildman–Crippen LogP) is 3.77. The van der Waals surface area contributed by atoms with Crippen molar-refractivity contribution in [3.8, 4) is 0 Å². The van der Waals surface area contributed by atoms with Crippen LogP contribution in [0.15, 0.2) is 53.7 Å². The number of nitrogens with zero attached hydrogens (tertiary/aromatic N) is 4. The number of unbranched alkanes of at least 4 members (excludes halogenated alkanes) is 1. The minimum absolute atomic E-state index is 0.